The molecule has 0 N–H and O–H groups in total. The molecule has 3 rings (SSSR count). The highest BCUT2D eigenvalue weighted by Gasteiger charge is 2.12. The molecular formula is C20H20N2O5S. The van der Waals surface area contributed by atoms with E-state index in [1.54, 1.807) is 22.8 Å². The molecule has 0 aliphatic carbocycles. The zero-order valence-corrected chi connectivity index (χ0v) is 16.6. The van der Waals surface area contributed by atoms with Gasteiger partial charge in [-0.1, -0.05) is 29.5 Å². The SMILES string of the molecule is COC(=O)Cn1c(=NC(=O)COc2ccccc2OC)sc2cc(C)ccc21. The van der Waals surface area contributed by atoms with Crippen molar-refractivity contribution in [2.24, 2.45) is 4.99 Å². The number of nitrogens with zero attached hydrogens (tertiary/aromatic N) is 2. The maximum atomic E-state index is 12.4. The van der Waals surface area contributed by atoms with Gasteiger partial charge in [0.2, 0.25) is 0 Å². The Balaban J connectivity index is 1.90. The molecule has 0 fully saturated rings. The molecule has 1 heterocycles. The van der Waals surface area contributed by atoms with Gasteiger partial charge in [-0.05, 0) is 36.8 Å². The summed E-state index contributed by atoms with van der Waals surface area (Å²) in [5, 5.41) is 0. The number of esters is 1. The normalized spacial score (nSPS) is 11.5. The second-order valence-electron chi connectivity index (χ2n) is 5.96. The van der Waals surface area contributed by atoms with Gasteiger partial charge in [0.1, 0.15) is 6.54 Å². The lowest BCUT2D eigenvalue weighted by atomic mass is 10.2. The first-order chi connectivity index (χ1) is 13.5. The maximum absolute atomic E-state index is 12.4. The second kappa shape index (κ2) is 8.71. The molecule has 0 saturated carbocycles. The van der Waals surface area contributed by atoms with Gasteiger partial charge in [0, 0.05) is 0 Å². The number of hydrogen-bond acceptors (Lipinski definition) is 6. The van der Waals surface area contributed by atoms with Crippen LogP contribution in [0.2, 0.25) is 0 Å². The second-order valence-corrected chi connectivity index (χ2v) is 6.97. The minimum Gasteiger partial charge on any atom is -0.493 e. The van der Waals surface area contributed by atoms with Crippen molar-refractivity contribution in [1.29, 1.82) is 0 Å². The molecule has 0 aliphatic heterocycles. The fraction of sp³-hybridized carbons (Fsp3) is 0.250. The number of methoxy groups -OCH3 is 2. The summed E-state index contributed by atoms with van der Waals surface area (Å²) in [6.07, 6.45) is 0. The van der Waals surface area contributed by atoms with Crippen molar-refractivity contribution in [3.63, 3.8) is 0 Å². The van der Waals surface area contributed by atoms with Gasteiger partial charge in [-0.25, -0.2) is 0 Å². The summed E-state index contributed by atoms with van der Waals surface area (Å²) in [6.45, 7) is 1.71. The van der Waals surface area contributed by atoms with E-state index in [2.05, 4.69) is 4.99 Å². The van der Waals surface area contributed by atoms with Crippen molar-refractivity contribution >= 4 is 33.4 Å². The molecule has 0 spiro atoms. The minimum absolute atomic E-state index is 0.0287. The van der Waals surface area contributed by atoms with Crippen molar-refractivity contribution in [3.05, 3.63) is 52.8 Å². The highest BCUT2D eigenvalue weighted by Crippen LogP contribution is 2.25. The molecule has 0 aliphatic rings. The van der Waals surface area contributed by atoms with Gasteiger partial charge in [0.05, 0.1) is 24.4 Å². The highest BCUT2D eigenvalue weighted by molar-refractivity contribution is 7.16. The number of aryl methyl sites for hydroxylation is 1. The molecule has 8 heteroatoms. The van der Waals surface area contributed by atoms with E-state index in [9.17, 15) is 9.59 Å². The van der Waals surface area contributed by atoms with Crippen molar-refractivity contribution in [2.45, 2.75) is 13.5 Å². The summed E-state index contributed by atoms with van der Waals surface area (Å²) < 4.78 is 18.1. The van der Waals surface area contributed by atoms with Crippen LogP contribution in [-0.2, 0) is 20.9 Å². The smallest absolute Gasteiger partial charge is 0.325 e. The van der Waals surface area contributed by atoms with Crippen LogP contribution in [0, 0.1) is 6.92 Å². The lowest BCUT2D eigenvalue weighted by Crippen LogP contribution is -2.23. The molecule has 146 valence electrons. The Labute approximate surface area is 165 Å². The van der Waals surface area contributed by atoms with E-state index in [4.69, 9.17) is 14.2 Å². The van der Waals surface area contributed by atoms with Crippen molar-refractivity contribution in [2.75, 3.05) is 20.8 Å². The fourth-order valence-electron chi connectivity index (χ4n) is 2.63. The van der Waals surface area contributed by atoms with Crippen molar-refractivity contribution in [1.82, 2.24) is 4.57 Å². The standard InChI is InChI=1S/C20H20N2O5S/c1-13-8-9-14-17(10-13)28-20(22(14)11-19(24)26-3)21-18(23)12-27-16-7-5-4-6-15(16)25-2/h4-10H,11-12H2,1-3H3. The molecule has 7 nitrogen and oxygen atoms in total. The molecule has 28 heavy (non-hydrogen) atoms. The average Bonchev–Trinajstić information content (AvgIpc) is 3.02. The van der Waals surface area contributed by atoms with Gasteiger partial charge < -0.3 is 18.8 Å². The number of thiazole rings is 1. The molecule has 0 unspecified atom stereocenters. The molecule has 0 saturated heterocycles. The number of benzene rings is 2. The van der Waals surface area contributed by atoms with Crippen LogP contribution >= 0.6 is 11.3 Å². The number of para-hydroxylation sites is 2. The number of ether oxygens (including phenoxy) is 3. The molecule has 2 aromatic carbocycles. The number of carbonyl (C=O) groups excluding carboxylic acids is 2. The van der Waals surface area contributed by atoms with Crippen molar-refractivity contribution in [3.8, 4) is 11.5 Å². The predicted molar refractivity (Wildman–Crippen MR) is 106 cm³/mol. The van der Waals surface area contributed by atoms with Crippen LogP contribution in [0.4, 0.5) is 0 Å². The number of hydrogen-bond donors (Lipinski definition) is 0. The Bertz CT molecular complexity index is 1080. The molecular weight excluding hydrogens is 380 g/mol. The minimum atomic E-state index is -0.465. The molecule has 1 amide bonds. The number of rotatable bonds is 6. The van der Waals surface area contributed by atoms with Crippen LogP contribution in [-0.4, -0.2) is 37.3 Å². The van der Waals surface area contributed by atoms with E-state index < -0.39 is 11.9 Å². The number of amides is 1. The molecule has 0 atom stereocenters. The van der Waals surface area contributed by atoms with Gasteiger partial charge in [0.25, 0.3) is 5.91 Å². The van der Waals surface area contributed by atoms with Crippen LogP contribution in [0.25, 0.3) is 10.2 Å². The van der Waals surface area contributed by atoms with E-state index in [-0.39, 0.29) is 13.2 Å². The number of carbonyl (C=O) groups is 2. The van der Waals surface area contributed by atoms with Crippen molar-refractivity contribution < 1.29 is 23.8 Å². The Hall–Kier alpha value is -3.13. The topological polar surface area (TPSA) is 79.1 Å². The van der Waals surface area contributed by atoms with E-state index in [0.29, 0.717) is 16.3 Å². The summed E-state index contributed by atoms with van der Waals surface area (Å²) in [5.41, 5.74) is 1.90. The van der Waals surface area contributed by atoms with Crippen LogP contribution in [0.5, 0.6) is 11.5 Å². The fourth-order valence-corrected chi connectivity index (χ4v) is 3.77. The largest absolute Gasteiger partial charge is 0.493 e. The summed E-state index contributed by atoms with van der Waals surface area (Å²) in [4.78, 5) is 28.8. The quantitative estimate of drug-likeness (QED) is 0.595. The van der Waals surface area contributed by atoms with Gasteiger partial charge >= 0.3 is 5.97 Å². The maximum Gasteiger partial charge on any atom is 0.325 e. The molecule has 0 bridgehead atoms. The molecule has 1 aromatic heterocycles. The van der Waals surface area contributed by atoms with Crippen LogP contribution in [0.3, 0.4) is 0 Å². The lowest BCUT2D eigenvalue weighted by Gasteiger charge is -2.08. The Kier molecular flexibility index (Phi) is 6.10. The first-order valence-electron chi connectivity index (χ1n) is 8.52. The zero-order chi connectivity index (χ0) is 20.1. The number of aromatic nitrogens is 1. The predicted octanol–water partition coefficient (Wildman–Crippen LogP) is 2.70. The zero-order valence-electron chi connectivity index (χ0n) is 15.8. The van der Waals surface area contributed by atoms with E-state index in [1.807, 2.05) is 31.2 Å². The summed E-state index contributed by atoms with van der Waals surface area (Å²) in [7, 11) is 2.86. The highest BCUT2D eigenvalue weighted by atomic mass is 32.1. The van der Waals surface area contributed by atoms with Crippen LogP contribution in [0.15, 0.2) is 47.5 Å². The lowest BCUT2D eigenvalue weighted by molar-refractivity contribution is -0.141. The average molecular weight is 400 g/mol. The van der Waals surface area contributed by atoms with Crippen LogP contribution < -0.4 is 14.3 Å². The first kappa shape index (κ1) is 19.6. The van der Waals surface area contributed by atoms with Gasteiger partial charge in [-0.15, -0.1) is 0 Å². The third kappa shape index (κ3) is 4.40. The third-order valence-electron chi connectivity index (χ3n) is 3.99. The summed E-state index contributed by atoms with van der Waals surface area (Å²) in [6, 6.07) is 12.9. The van der Waals surface area contributed by atoms with E-state index in [1.165, 1.54) is 25.6 Å². The number of fused-ring (bicyclic) bond motifs is 1. The monoisotopic (exact) mass is 400 g/mol. The Morgan fingerprint density at radius 3 is 2.57 bits per heavy atom. The van der Waals surface area contributed by atoms with Gasteiger partial charge in [-0.2, -0.15) is 4.99 Å². The summed E-state index contributed by atoms with van der Waals surface area (Å²) in [5.74, 6) is 0.114. The van der Waals surface area contributed by atoms with E-state index >= 15 is 0 Å². The molecule has 3 aromatic rings. The first-order valence-corrected chi connectivity index (χ1v) is 9.33. The Morgan fingerprint density at radius 2 is 1.86 bits per heavy atom. The molecule has 0 radical (unpaired) electrons. The van der Waals surface area contributed by atoms with Gasteiger partial charge in [0.15, 0.2) is 22.9 Å². The third-order valence-corrected chi connectivity index (χ3v) is 5.03. The summed E-state index contributed by atoms with van der Waals surface area (Å²) >= 11 is 1.34. The Morgan fingerprint density at radius 1 is 1.11 bits per heavy atom. The van der Waals surface area contributed by atoms with Gasteiger partial charge in [-0.3, -0.25) is 9.59 Å². The van der Waals surface area contributed by atoms with Crippen LogP contribution in [0.1, 0.15) is 5.56 Å². The van der Waals surface area contributed by atoms with E-state index in [0.717, 1.165) is 15.8 Å².